The highest BCUT2D eigenvalue weighted by Crippen LogP contribution is 2.52. The van der Waals surface area contributed by atoms with Crippen LogP contribution in [0, 0.1) is 11.3 Å². The fraction of sp³-hybridized carbons (Fsp3) is 0.583. The smallest absolute Gasteiger partial charge is 0.180 e. The van der Waals surface area contributed by atoms with Gasteiger partial charge in [-0.15, -0.1) is 0 Å². The maximum atomic E-state index is 13.7. The lowest BCUT2D eigenvalue weighted by Gasteiger charge is -2.30. The lowest BCUT2D eigenvalue weighted by molar-refractivity contribution is -0.126. The molecule has 0 heterocycles. The average Bonchev–Trinajstić information content (AvgIpc) is 2.87. The van der Waals surface area contributed by atoms with Gasteiger partial charge in [0, 0.05) is 11.5 Å². The minimum atomic E-state index is -0.920. The molecule has 2 heteroatoms. The van der Waals surface area contributed by atoms with E-state index in [9.17, 15) is 9.59 Å². The normalized spacial score (nSPS) is 22.9. The molecule has 0 radical (unpaired) electrons. The van der Waals surface area contributed by atoms with Crippen molar-refractivity contribution in [2.75, 3.05) is 0 Å². The van der Waals surface area contributed by atoms with E-state index in [0.29, 0.717) is 12.0 Å². The van der Waals surface area contributed by atoms with E-state index < -0.39 is 5.41 Å². The van der Waals surface area contributed by atoms with E-state index in [1.54, 1.807) is 0 Å². The monoisotopic (exact) mass is 354 g/mol. The lowest BCUT2D eigenvalue weighted by Crippen LogP contribution is -2.40. The topological polar surface area (TPSA) is 34.1 Å². The van der Waals surface area contributed by atoms with E-state index in [4.69, 9.17) is 0 Å². The van der Waals surface area contributed by atoms with Gasteiger partial charge in [0.15, 0.2) is 11.6 Å². The minimum Gasteiger partial charge on any atom is -0.298 e. The molecule has 2 nitrogen and oxygen atoms in total. The zero-order valence-electron chi connectivity index (χ0n) is 16.9. The second-order valence-corrected chi connectivity index (χ2v) is 7.56. The van der Waals surface area contributed by atoms with Crippen molar-refractivity contribution in [2.45, 2.75) is 79.1 Å². The zero-order chi connectivity index (χ0) is 19.2. The Morgan fingerprint density at radius 3 is 2.12 bits per heavy atom. The minimum absolute atomic E-state index is 0.0283. The Kier molecular flexibility index (Phi) is 7.37. The average molecular weight is 355 g/mol. The summed E-state index contributed by atoms with van der Waals surface area (Å²) in [5.74, 6) is 0.156. The molecule has 0 aromatic heterocycles. The Labute approximate surface area is 159 Å². The van der Waals surface area contributed by atoms with Crippen LogP contribution in [0.15, 0.2) is 41.5 Å². The molecule has 142 valence electrons. The Hall–Kier alpha value is -1.70. The summed E-state index contributed by atoms with van der Waals surface area (Å²) in [5.41, 5.74) is 2.21. The molecule has 26 heavy (non-hydrogen) atoms. The van der Waals surface area contributed by atoms with E-state index in [2.05, 4.69) is 27.7 Å². The fourth-order valence-electron chi connectivity index (χ4n) is 4.75. The molecule has 0 N–H and O–H groups in total. The van der Waals surface area contributed by atoms with Gasteiger partial charge >= 0.3 is 0 Å². The van der Waals surface area contributed by atoms with Crippen LogP contribution in [0.3, 0.4) is 0 Å². The van der Waals surface area contributed by atoms with Crippen LogP contribution in [0.2, 0.25) is 0 Å². The molecular weight excluding hydrogens is 320 g/mol. The first kappa shape index (κ1) is 20.6. The summed E-state index contributed by atoms with van der Waals surface area (Å²) in [6.07, 6.45) is 7.14. The molecule has 2 atom stereocenters. The maximum absolute atomic E-state index is 13.7. The first-order valence-corrected chi connectivity index (χ1v) is 10.4. The first-order valence-electron chi connectivity index (χ1n) is 10.4. The Balaban J connectivity index is 2.67. The number of hydrogen-bond acceptors (Lipinski definition) is 2. The number of benzene rings is 1. The van der Waals surface area contributed by atoms with Crippen molar-refractivity contribution in [3.63, 3.8) is 0 Å². The van der Waals surface area contributed by atoms with Crippen LogP contribution in [0.1, 0.15) is 89.4 Å². The quantitative estimate of drug-likeness (QED) is 0.271. The molecular formula is C24H34O2. The maximum Gasteiger partial charge on any atom is 0.180 e. The van der Waals surface area contributed by atoms with Crippen LogP contribution in [0.25, 0.3) is 0 Å². The summed E-state index contributed by atoms with van der Waals surface area (Å²) in [6, 6.07) is 9.44. The predicted molar refractivity (Wildman–Crippen MR) is 108 cm³/mol. The number of hydrogen-bond donors (Lipinski definition) is 0. The first-order chi connectivity index (χ1) is 12.6. The number of rotatable bonds is 10. The van der Waals surface area contributed by atoms with Gasteiger partial charge in [0.05, 0.1) is 0 Å². The Morgan fingerprint density at radius 2 is 1.58 bits per heavy atom. The number of ketones is 2. The number of carbonyl (C=O) groups excluding carboxylic acids is 2. The van der Waals surface area contributed by atoms with Gasteiger partial charge in [0.2, 0.25) is 0 Å². The molecule has 0 fully saturated rings. The molecule has 0 saturated carbocycles. The van der Waals surface area contributed by atoms with Crippen molar-refractivity contribution in [3.05, 3.63) is 47.0 Å². The third kappa shape index (κ3) is 3.56. The molecule has 0 unspecified atom stereocenters. The molecule has 0 spiro atoms. The van der Waals surface area contributed by atoms with Gasteiger partial charge in [-0.2, -0.15) is 0 Å². The number of Topliss-reactive ketones (excluding diaryl/α,β-unsaturated/α-hetero) is 2. The zero-order valence-corrected chi connectivity index (χ0v) is 16.9. The number of allylic oxidation sites excluding steroid dienone is 2. The van der Waals surface area contributed by atoms with Crippen molar-refractivity contribution >= 4 is 11.6 Å². The van der Waals surface area contributed by atoms with E-state index in [1.807, 2.05) is 30.3 Å². The van der Waals surface area contributed by atoms with Gasteiger partial charge < -0.3 is 0 Å². The molecule has 1 aliphatic carbocycles. The van der Waals surface area contributed by atoms with Gasteiger partial charge in [-0.05, 0) is 31.3 Å². The van der Waals surface area contributed by atoms with Crippen molar-refractivity contribution in [1.29, 1.82) is 0 Å². The molecule has 0 saturated heterocycles. The standard InChI is InChI=1S/C24H34O2/c1-5-12-19-20(13-6-2)23(26)24(17-8-4,21(19)14-7-3)22(25)18-15-10-9-11-16-18/h9-11,15-16,20H,5-8,12-14,17H2,1-4H3/t20-,24+/m0/s1. The van der Waals surface area contributed by atoms with Crippen LogP contribution in [0.5, 0.6) is 0 Å². The van der Waals surface area contributed by atoms with Crippen LogP contribution in [-0.2, 0) is 4.79 Å². The summed E-state index contributed by atoms with van der Waals surface area (Å²) in [7, 11) is 0. The van der Waals surface area contributed by atoms with Gasteiger partial charge in [-0.25, -0.2) is 0 Å². The molecule has 1 aliphatic rings. The summed E-state index contributed by atoms with van der Waals surface area (Å²) >= 11 is 0. The van der Waals surface area contributed by atoms with E-state index in [0.717, 1.165) is 44.9 Å². The molecule has 1 aromatic carbocycles. The third-order valence-electron chi connectivity index (χ3n) is 5.71. The van der Waals surface area contributed by atoms with E-state index >= 15 is 0 Å². The van der Waals surface area contributed by atoms with Crippen LogP contribution >= 0.6 is 0 Å². The van der Waals surface area contributed by atoms with Crippen molar-refractivity contribution in [2.24, 2.45) is 11.3 Å². The van der Waals surface area contributed by atoms with Crippen molar-refractivity contribution in [1.82, 2.24) is 0 Å². The predicted octanol–water partition coefficient (Wildman–Crippen LogP) is 6.55. The van der Waals surface area contributed by atoms with Crippen molar-refractivity contribution in [3.8, 4) is 0 Å². The summed E-state index contributed by atoms with van der Waals surface area (Å²) in [5, 5.41) is 0. The van der Waals surface area contributed by atoms with Gasteiger partial charge in [-0.3, -0.25) is 9.59 Å². The van der Waals surface area contributed by atoms with Gasteiger partial charge in [0.25, 0.3) is 0 Å². The summed E-state index contributed by atoms with van der Waals surface area (Å²) < 4.78 is 0. The van der Waals surface area contributed by atoms with Crippen LogP contribution in [0.4, 0.5) is 0 Å². The van der Waals surface area contributed by atoms with Crippen LogP contribution in [-0.4, -0.2) is 11.6 Å². The highest BCUT2D eigenvalue weighted by Gasteiger charge is 2.55. The molecule has 1 aromatic rings. The molecule has 0 aliphatic heterocycles. The van der Waals surface area contributed by atoms with Crippen molar-refractivity contribution < 1.29 is 9.59 Å². The molecule has 2 rings (SSSR count). The summed E-state index contributed by atoms with van der Waals surface area (Å²) in [6.45, 7) is 8.54. The molecule has 0 amide bonds. The fourth-order valence-corrected chi connectivity index (χ4v) is 4.75. The van der Waals surface area contributed by atoms with Crippen LogP contribution < -0.4 is 0 Å². The third-order valence-corrected chi connectivity index (χ3v) is 5.71. The SMILES string of the molecule is CCCC1=C(CCC)[C@](CCC)(C(=O)c2ccccc2)C(=O)[C@H]1CCC. The van der Waals surface area contributed by atoms with E-state index in [1.165, 1.54) is 11.1 Å². The Morgan fingerprint density at radius 1 is 0.923 bits per heavy atom. The second-order valence-electron chi connectivity index (χ2n) is 7.56. The second kappa shape index (κ2) is 9.30. The summed E-state index contributed by atoms with van der Waals surface area (Å²) in [4.78, 5) is 27.4. The largest absolute Gasteiger partial charge is 0.298 e. The van der Waals surface area contributed by atoms with Gasteiger partial charge in [-0.1, -0.05) is 89.3 Å². The Bertz CT molecular complexity index is 656. The molecule has 0 bridgehead atoms. The highest BCUT2D eigenvalue weighted by molar-refractivity contribution is 6.20. The van der Waals surface area contributed by atoms with E-state index in [-0.39, 0.29) is 17.5 Å². The highest BCUT2D eigenvalue weighted by atomic mass is 16.2. The number of carbonyl (C=O) groups is 2. The van der Waals surface area contributed by atoms with Gasteiger partial charge in [0.1, 0.15) is 5.41 Å². The lowest BCUT2D eigenvalue weighted by atomic mass is 9.68.